The molecule has 1 aromatic rings. The Hall–Kier alpha value is -1.71. The van der Waals surface area contributed by atoms with Crippen LogP contribution in [0.5, 0.6) is 0 Å². The Morgan fingerprint density at radius 1 is 1.60 bits per heavy atom. The summed E-state index contributed by atoms with van der Waals surface area (Å²) in [7, 11) is 1.27. The maximum atomic E-state index is 11.1. The predicted molar refractivity (Wildman–Crippen MR) is 54.2 cm³/mol. The Labute approximate surface area is 88.3 Å². The van der Waals surface area contributed by atoms with Crippen LogP contribution in [0.3, 0.4) is 0 Å². The van der Waals surface area contributed by atoms with Crippen LogP contribution in [0.25, 0.3) is 0 Å². The number of esters is 1. The number of carbonyl (C=O) groups excluding carboxylic acids is 2. The molecule has 0 amide bonds. The van der Waals surface area contributed by atoms with Crippen LogP contribution < -0.4 is 0 Å². The molecule has 1 aromatic heterocycles. The number of carbonyl (C=O) groups is 2. The van der Waals surface area contributed by atoms with Crippen molar-refractivity contribution in [2.24, 2.45) is 5.92 Å². The van der Waals surface area contributed by atoms with Gasteiger partial charge in [0.25, 0.3) is 0 Å². The molecule has 4 nitrogen and oxygen atoms in total. The van der Waals surface area contributed by atoms with E-state index in [-0.39, 0.29) is 0 Å². The largest absolute Gasteiger partial charge is 0.468 e. The first-order valence-electron chi connectivity index (χ1n) is 4.62. The van der Waals surface area contributed by atoms with Crippen LogP contribution in [0.4, 0.5) is 0 Å². The van der Waals surface area contributed by atoms with Crippen molar-refractivity contribution in [3.8, 4) is 0 Å². The van der Waals surface area contributed by atoms with Crippen LogP contribution >= 0.6 is 0 Å². The van der Waals surface area contributed by atoms with E-state index in [1.165, 1.54) is 7.11 Å². The standard InChI is InChI=1S/C11H13NO3/c1-8-3-4-9(6-12-8)5-10(7-13)11(14)15-2/h3-4,6-7,10H,5H2,1-2H3. The van der Waals surface area contributed by atoms with E-state index in [1.807, 2.05) is 19.1 Å². The van der Waals surface area contributed by atoms with Crippen LogP contribution in [0.1, 0.15) is 11.3 Å². The average molecular weight is 207 g/mol. The molecule has 15 heavy (non-hydrogen) atoms. The van der Waals surface area contributed by atoms with Crippen LogP contribution in [-0.4, -0.2) is 24.3 Å². The lowest BCUT2D eigenvalue weighted by molar-refractivity contribution is -0.146. The van der Waals surface area contributed by atoms with Gasteiger partial charge in [-0.25, -0.2) is 0 Å². The van der Waals surface area contributed by atoms with E-state index in [4.69, 9.17) is 0 Å². The van der Waals surface area contributed by atoms with Crippen LogP contribution in [0, 0.1) is 12.8 Å². The molecule has 0 N–H and O–H groups in total. The van der Waals surface area contributed by atoms with Gasteiger partial charge in [0.05, 0.1) is 7.11 Å². The molecule has 0 bridgehead atoms. The highest BCUT2D eigenvalue weighted by atomic mass is 16.5. The molecule has 1 rings (SSSR count). The van der Waals surface area contributed by atoms with E-state index in [1.54, 1.807) is 6.20 Å². The van der Waals surface area contributed by atoms with Gasteiger partial charge in [0.15, 0.2) is 0 Å². The molecule has 1 heterocycles. The van der Waals surface area contributed by atoms with Gasteiger partial charge in [-0.1, -0.05) is 6.07 Å². The van der Waals surface area contributed by atoms with Crippen molar-refractivity contribution >= 4 is 12.3 Å². The van der Waals surface area contributed by atoms with Crippen LogP contribution in [0.2, 0.25) is 0 Å². The van der Waals surface area contributed by atoms with Crippen LogP contribution in [0.15, 0.2) is 18.3 Å². The summed E-state index contributed by atoms with van der Waals surface area (Å²) in [6.45, 7) is 1.88. The van der Waals surface area contributed by atoms with Gasteiger partial charge in [-0.05, 0) is 25.0 Å². The molecule has 0 saturated carbocycles. The minimum atomic E-state index is -0.737. The summed E-state index contributed by atoms with van der Waals surface area (Å²) in [4.78, 5) is 25.9. The van der Waals surface area contributed by atoms with Gasteiger partial charge < -0.3 is 9.53 Å². The Balaban J connectivity index is 2.71. The number of rotatable bonds is 4. The molecule has 1 unspecified atom stereocenters. The van der Waals surface area contributed by atoms with E-state index < -0.39 is 11.9 Å². The Morgan fingerprint density at radius 3 is 2.80 bits per heavy atom. The average Bonchev–Trinajstić information content (AvgIpc) is 2.27. The predicted octanol–water partition coefficient (Wildman–Crippen LogP) is 0.921. The fraction of sp³-hybridized carbons (Fsp3) is 0.364. The molecular formula is C11H13NO3. The molecule has 0 radical (unpaired) electrons. The summed E-state index contributed by atoms with van der Waals surface area (Å²) in [5.41, 5.74) is 1.75. The van der Waals surface area contributed by atoms with Gasteiger partial charge in [-0.15, -0.1) is 0 Å². The molecular weight excluding hydrogens is 194 g/mol. The Kier molecular flexibility index (Phi) is 3.97. The smallest absolute Gasteiger partial charge is 0.316 e. The van der Waals surface area contributed by atoms with Crippen molar-refractivity contribution in [3.63, 3.8) is 0 Å². The molecule has 0 aliphatic heterocycles. The third kappa shape index (κ3) is 3.16. The number of aldehydes is 1. The minimum absolute atomic E-state index is 0.337. The second-order valence-electron chi connectivity index (χ2n) is 3.28. The second kappa shape index (κ2) is 5.24. The highest BCUT2D eigenvalue weighted by Gasteiger charge is 2.18. The minimum Gasteiger partial charge on any atom is -0.468 e. The number of pyridine rings is 1. The summed E-state index contributed by atoms with van der Waals surface area (Å²) in [5, 5.41) is 0. The fourth-order valence-electron chi connectivity index (χ4n) is 1.21. The lowest BCUT2D eigenvalue weighted by Gasteiger charge is -2.07. The summed E-state index contributed by atoms with van der Waals surface area (Å²) in [6, 6.07) is 3.69. The van der Waals surface area contributed by atoms with Crippen LogP contribution in [-0.2, 0) is 20.7 Å². The molecule has 80 valence electrons. The first-order chi connectivity index (χ1) is 7.17. The lowest BCUT2D eigenvalue weighted by Crippen LogP contribution is -2.20. The van der Waals surface area contributed by atoms with Gasteiger partial charge >= 0.3 is 5.97 Å². The quantitative estimate of drug-likeness (QED) is 0.418. The molecule has 0 aliphatic rings. The maximum Gasteiger partial charge on any atom is 0.316 e. The first-order valence-corrected chi connectivity index (χ1v) is 4.62. The van der Waals surface area contributed by atoms with E-state index >= 15 is 0 Å². The van der Waals surface area contributed by atoms with Gasteiger partial charge in [0.1, 0.15) is 12.2 Å². The zero-order valence-electron chi connectivity index (χ0n) is 8.77. The fourth-order valence-corrected chi connectivity index (χ4v) is 1.21. The van der Waals surface area contributed by atoms with E-state index in [2.05, 4.69) is 9.72 Å². The summed E-state index contributed by atoms with van der Waals surface area (Å²) in [5.74, 6) is -1.25. The van der Waals surface area contributed by atoms with Gasteiger partial charge in [-0.3, -0.25) is 9.78 Å². The third-order valence-electron chi connectivity index (χ3n) is 2.10. The number of aromatic nitrogens is 1. The van der Waals surface area contributed by atoms with Crippen molar-refractivity contribution in [3.05, 3.63) is 29.6 Å². The molecule has 4 heteroatoms. The highest BCUT2D eigenvalue weighted by molar-refractivity contribution is 5.87. The van der Waals surface area contributed by atoms with Crippen molar-refractivity contribution in [2.75, 3.05) is 7.11 Å². The molecule has 1 atom stereocenters. The first kappa shape index (κ1) is 11.4. The highest BCUT2D eigenvalue weighted by Crippen LogP contribution is 2.08. The number of hydrogen-bond donors (Lipinski definition) is 0. The summed E-state index contributed by atoms with van der Waals surface area (Å²) in [6.07, 6.45) is 2.60. The van der Waals surface area contributed by atoms with Crippen molar-refractivity contribution < 1.29 is 14.3 Å². The third-order valence-corrected chi connectivity index (χ3v) is 2.10. The molecule has 0 aromatic carbocycles. The van der Waals surface area contributed by atoms with E-state index in [9.17, 15) is 9.59 Å². The topological polar surface area (TPSA) is 56.3 Å². The Bertz CT molecular complexity index is 345. The molecule has 0 spiro atoms. The monoisotopic (exact) mass is 207 g/mol. The number of aryl methyl sites for hydroxylation is 1. The molecule has 0 saturated heterocycles. The van der Waals surface area contributed by atoms with E-state index in [0.717, 1.165) is 11.3 Å². The zero-order chi connectivity index (χ0) is 11.3. The number of methoxy groups -OCH3 is 1. The lowest BCUT2D eigenvalue weighted by atomic mass is 10.0. The molecule has 0 aliphatic carbocycles. The number of hydrogen-bond acceptors (Lipinski definition) is 4. The van der Waals surface area contributed by atoms with Gasteiger partial charge in [0, 0.05) is 11.9 Å². The van der Waals surface area contributed by atoms with Crippen molar-refractivity contribution in [1.82, 2.24) is 4.98 Å². The number of ether oxygens (including phenoxy) is 1. The van der Waals surface area contributed by atoms with Crippen molar-refractivity contribution in [2.45, 2.75) is 13.3 Å². The van der Waals surface area contributed by atoms with E-state index in [0.29, 0.717) is 12.7 Å². The Morgan fingerprint density at radius 2 is 2.33 bits per heavy atom. The maximum absolute atomic E-state index is 11.1. The van der Waals surface area contributed by atoms with Gasteiger partial charge in [-0.2, -0.15) is 0 Å². The normalized spacial score (nSPS) is 11.9. The second-order valence-corrected chi connectivity index (χ2v) is 3.28. The van der Waals surface area contributed by atoms with Gasteiger partial charge in [0.2, 0.25) is 0 Å². The number of nitrogens with zero attached hydrogens (tertiary/aromatic N) is 1. The summed E-state index contributed by atoms with van der Waals surface area (Å²) < 4.78 is 4.51. The SMILES string of the molecule is COC(=O)C(C=O)Cc1ccc(C)nc1. The summed E-state index contributed by atoms with van der Waals surface area (Å²) >= 11 is 0. The van der Waals surface area contributed by atoms with Crippen molar-refractivity contribution in [1.29, 1.82) is 0 Å². The zero-order valence-corrected chi connectivity index (χ0v) is 8.77. The molecule has 0 fully saturated rings.